The molecule has 2 aromatic carbocycles. The summed E-state index contributed by atoms with van der Waals surface area (Å²) >= 11 is 0. The van der Waals surface area contributed by atoms with Gasteiger partial charge in [-0.1, -0.05) is 43.3 Å². The molecule has 0 atom stereocenters. The van der Waals surface area contributed by atoms with Crippen LogP contribution in [0.5, 0.6) is 0 Å². The van der Waals surface area contributed by atoms with Gasteiger partial charge in [0.1, 0.15) is 5.58 Å². The Morgan fingerprint density at radius 3 is 2.79 bits per heavy atom. The van der Waals surface area contributed by atoms with Crippen LogP contribution >= 0.6 is 0 Å². The molecule has 0 aliphatic rings. The number of hydrogen-bond acceptors (Lipinski definition) is 2. The van der Waals surface area contributed by atoms with Crippen molar-refractivity contribution in [3.63, 3.8) is 0 Å². The van der Waals surface area contributed by atoms with E-state index in [1.54, 1.807) is 0 Å². The van der Waals surface area contributed by atoms with Crippen LogP contribution in [-0.2, 0) is 6.42 Å². The zero-order valence-corrected chi connectivity index (χ0v) is 11.3. The molecule has 0 aliphatic carbocycles. The van der Waals surface area contributed by atoms with Gasteiger partial charge in [-0.05, 0) is 36.9 Å². The van der Waals surface area contributed by atoms with E-state index in [-0.39, 0.29) is 0 Å². The van der Waals surface area contributed by atoms with E-state index in [1.807, 2.05) is 6.26 Å². The smallest absolute Gasteiger partial charge is 0.141 e. The van der Waals surface area contributed by atoms with Gasteiger partial charge in [0.2, 0.25) is 0 Å². The maximum Gasteiger partial charge on any atom is 0.141 e. The molecule has 2 heteroatoms. The number of furan rings is 1. The highest BCUT2D eigenvalue weighted by atomic mass is 16.3. The summed E-state index contributed by atoms with van der Waals surface area (Å²) in [6.45, 7) is 4.28. The van der Waals surface area contributed by atoms with Gasteiger partial charge < -0.3 is 9.73 Å². The first-order valence-corrected chi connectivity index (χ1v) is 6.98. The summed E-state index contributed by atoms with van der Waals surface area (Å²) in [6, 6.07) is 12.7. The number of fused-ring (bicyclic) bond motifs is 3. The van der Waals surface area contributed by atoms with E-state index in [9.17, 15) is 0 Å². The molecule has 1 N–H and O–H groups in total. The summed E-state index contributed by atoms with van der Waals surface area (Å²) in [7, 11) is 0. The second-order valence-corrected chi connectivity index (χ2v) is 4.92. The van der Waals surface area contributed by atoms with Crippen LogP contribution in [0.1, 0.15) is 18.9 Å². The first-order chi connectivity index (χ1) is 9.40. The maximum atomic E-state index is 5.79. The van der Waals surface area contributed by atoms with Gasteiger partial charge in [0.05, 0.1) is 6.26 Å². The summed E-state index contributed by atoms with van der Waals surface area (Å²) in [5.74, 6) is 0. The average molecular weight is 253 g/mol. The molecule has 0 amide bonds. The lowest BCUT2D eigenvalue weighted by molar-refractivity contribution is 0.608. The molecular formula is C17H19NO. The van der Waals surface area contributed by atoms with Crippen molar-refractivity contribution in [2.45, 2.75) is 19.8 Å². The van der Waals surface area contributed by atoms with Crippen molar-refractivity contribution in [2.24, 2.45) is 0 Å². The second kappa shape index (κ2) is 5.45. The van der Waals surface area contributed by atoms with Gasteiger partial charge >= 0.3 is 0 Å². The van der Waals surface area contributed by atoms with Gasteiger partial charge in [-0.15, -0.1) is 0 Å². The topological polar surface area (TPSA) is 25.2 Å². The molecule has 1 aromatic heterocycles. The summed E-state index contributed by atoms with van der Waals surface area (Å²) < 4.78 is 5.79. The molecule has 1 heterocycles. The van der Waals surface area contributed by atoms with E-state index in [0.29, 0.717) is 0 Å². The fourth-order valence-corrected chi connectivity index (χ4v) is 2.53. The number of nitrogens with one attached hydrogen (secondary N) is 1. The number of hydrogen-bond donors (Lipinski definition) is 1. The fraction of sp³-hybridized carbons (Fsp3) is 0.294. The largest absolute Gasteiger partial charge is 0.463 e. The van der Waals surface area contributed by atoms with Crippen molar-refractivity contribution in [1.29, 1.82) is 0 Å². The molecular weight excluding hydrogens is 234 g/mol. The van der Waals surface area contributed by atoms with Crippen LogP contribution in [0.2, 0.25) is 0 Å². The quantitative estimate of drug-likeness (QED) is 0.692. The standard InChI is InChI=1S/C17H19NO/c1-2-10-18-11-9-14-12-19-17-15-6-4-3-5-13(15)7-8-16(14)17/h3-8,12,18H,2,9-11H2,1H3. The Kier molecular flexibility index (Phi) is 3.51. The third kappa shape index (κ3) is 2.36. The first kappa shape index (κ1) is 12.2. The molecule has 0 aliphatic heterocycles. The minimum atomic E-state index is 1.01. The van der Waals surface area contributed by atoms with Gasteiger partial charge in [-0.2, -0.15) is 0 Å². The van der Waals surface area contributed by atoms with Crippen molar-refractivity contribution in [3.8, 4) is 0 Å². The van der Waals surface area contributed by atoms with Crippen molar-refractivity contribution in [3.05, 3.63) is 48.2 Å². The van der Waals surface area contributed by atoms with Crippen LogP contribution < -0.4 is 5.32 Å². The lowest BCUT2D eigenvalue weighted by atomic mass is 10.0. The minimum absolute atomic E-state index is 1.01. The summed E-state index contributed by atoms with van der Waals surface area (Å²) in [6.07, 6.45) is 4.10. The molecule has 0 bridgehead atoms. The Bertz CT molecular complexity index is 684. The molecule has 2 nitrogen and oxygen atoms in total. The number of benzene rings is 2. The molecule has 0 saturated heterocycles. The Labute approximate surface area is 113 Å². The zero-order chi connectivity index (χ0) is 13.1. The van der Waals surface area contributed by atoms with E-state index >= 15 is 0 Å². The SMILES string of the molecule is CCCNCCc1coc2c1ccc1ccccc12. The maximum absolute atomic E-state index is 5.79. The van der Waals surface area contributed by atoms with Gasteiger partial charge in [0.15, 0.2) is 0 Å². The van der Waals surface area contributed by atoms with Crippen molar-refractivity contribution < 1.29 is 4.42 Å². The molecule has 19 heavy (non-hydrogen) atoms. The van der Waals surface area contributed by atoms with Crippen LogP contribution in [0.4, 0.5) is 0 Å². The molecule has 0 radical (unpaired) electrons. The van der Waals surface area contributed by atoms with E-state index in [2.05, 4.69) is 48.6 Å². The highest BCUT2D eigenvalue weighted by Crippen LogP contribution is 2.29. The zero-order valence-electron chi connectivity index (χ0n) is 11.3. The van der Waals surface area contributed by atoms with Gasteiger partial charge in [0.25, 0.3) is 0 Å². The van der Waals surface area contributed by atoms with E-state index in [1.165, 1.54) is 28.1 Å². The molecule has 98 valence electrons. The third-order valence-electron chi connectivity index (χ3n) is 3.54. The molecule has 0 spiro atoms. The normalized spacial score (nSPS) is 11.4. The summed E-state index contributed by atoms with van der Waals surface area (Å²) in [4.78, 5) is 0. The Morgan fingerprint density at radius 1 is 1.00 bits per heavy atom. The predicted molar refractivity (Wildman–Crippen MR) is 80.6 cm³/mol. The van der Waals surface area contributed by atoms with Crippen molar-refractivity contribution in [2.75, 3.05) is 13.1 Å². The third-order valence-corrected chi connectivity index (χ3v) is 3.54. The van der Waals surface area contributed by atoms with E-state index in [4.69, 9.17) is 4.42 Å². The molecule has 0 saturated carbocycles. The highest BCUT2D eigenvalue weighted by molar-refractivity contribution is 6.05. The number of rotatable bonds is 5. The van der Waals surface area contributed by atoms with Gasteiger partial charge in [-0.3, -0.25) is 0 Å². The monoisotopic (exact) mass is 253 g/mol. The van der Waals surface area contributed by atoms with E-state index in [0.717, 1.165) is 25.1 Å². The lowest BCUT2D eigenvalue weighted by Crippen LogP contribution is -2.17. The Hall–Kier alpha value is -1.80. The summed E-state index contributed by atoms with van der Waals surface area (Å²) in [5.41, 5.74) is 2.31. The van der Waals surface area contributed by atoms with Crippen LogP contribution in [0.15, 0.2) is 47.1 Å². The van der Waals surface area contributed by atoms with E-state index < -0.39 is 0 Å². The van der Waals surface area contributed by atoms with Crippen LogP contribution in [0.3, 0.4) is 0 Å². The first-order valence-electron chi connectivity index (χ1n) is 6.98. The van der Waals surface area contributed by atoms with Crippen molar-refractivity contribution in [1.82, 2.24) is 5.32 Å². The highest BCUT2D eigenvalue weighted by Gasteiger charge is 2.08. The average Bonchev–Trinajstić information content (AvgIpc) is 2.87. The van der Waals surface area contributed by atoms with Crippen LogP contribution in [0, 0.1) is 0 Å². The fourth-order valence-electron chi connectivity index (χ4n) is 2.53. The minimum Gasteiger partial charge on any atom is -0.463 e. The second-order valence-electron chi connectivity index (χ2n) is 4.92. The van der Waals surface area contributed by atoms with Crippen LogP contribution in [-0.4, -0.2) is 13.1 Å². The molecule has 3 aromatic rings. The summed E-state index contributed by atoms with van der Waals surface area (Å²) in [5, 5.41) is 7.12. The van der Waals surface area contributed by atoms with Crippen LogP contribution in [0.25, 0.3) is 21.7 Å². The lowest BCUT2D eigenvalue weighted by Gasteiger charge is -2.02. The molecule has 0 unspecified atom stereocenters. The molecule has 0 fully saturated rings. The predicted octanol–water partition coefficient (Wildman–Crippen LogP) is 4.13. The Balaban J connectivity index is 1.93. The Morgan fingerprint density at radius 2 is 1.89 bits per heavy atom. The molecule has 3 rings (SSSR count). The van der Waals surface area contributed by atoms with Gasteiger partial charge in [0, 0.05) is 10.8 Å². The van der Waals surface area contributed by atoms with Crippen molar-refractivity contribution >= 4 is 21.7 Å². The van der Waals surface area contributed by atoms with Gasteiger partial charge in [-0.25, -0.2) is 0 Å².